The zero-order valence-corrected chi connectivity index (χ0v) is 45.4. The summed E-state index contributed by atoms with van der Waals surface area (Å²) in [7, 11) is 0. The maximum Gasteiger partial charge on any atom is 0.306 e. The number of unbranched alkanes of at least 4 members (excludes halogenated alkanes) is 35. The first-order valence-electron chi connectivity index (χ1n) is 29.6. The maximum atomic E-state index is 12.8. The van der Waals surface area contributed by atoms with E-state index in [-0.39, 0.29) is 31.1 Å². The van der Waals surface area contributed by atoms with Gasteiger partial charge in [-0.2, -0.15) is 0 Å². The van der Waals surface area contributed by atoms with E-state index in [1.165, 1.54) is 199 Å². The predicted octanol–water partition coefficient (Wildman–Crippen LogP) is 19.8. The first-order chi connectivity index (χ1) is 33.5. The summed E-state index contributed by atoms with van der Waals surface area (Å²) in [4.78, 5) is 38.0. The van der Waals surface area contributed by atoms with Gasteiger partial charge in [-0.15, -0.1) is 0 Å². The van der Waals surface area contributed by atoms with Crippen molar-refractivity contribution in [1.29, 1.82) is 0 Å². The molecule has 0 aliphatic rings. The number of carbonyl (C=O) groups excluding carboxylic acids is 3. The number of esters is 3. The Balaban J connectivity index is 4.22. The van der Waals surface area contributed by atoms with Gasteiger partial charge in [0.25, 0.3) is 0 Å². The van der Waals surface area contributed by atoms with Crippen molar-refractivity contribution in [2.45, 2.75) is 316 Å². The highest BCUT2D eigenvalue weighted by molar-refractivity contribution is 5.71. The van der Waals surface area contributed by atoms with Gasteiger partial charge in [-0.1, -0.05) is 256 Å². The molecule has 0 rings (SSSR count). The summed E-state index contributed by atoms with van der Waals surface area (Å²) in [6.45, 7) is 6.61. The number of carbonyl (C=O) groups is 3. The zero-order chi connectivity index (χ0) is 49.3. The molecule has 0 N–H and O–H groups in total. The smallest absolute Gasteiger partial charge is 0.306 e. The molecular formula is C62H112O6. The number of allylic oxidation sites excluding steroid dienone is 8. The van der Waals surface area contributed by atoms with Crippen molar-refractivity contribution in [2.24, 2.45) is 0 Å². The fraction of sp³-hybridized carbons (Fsp3) is 0.823. The summed E-state index contributed by atoms with van der Waals surface area (Å²) in [5, 5.41) is 0. The predicted molar refractivity (Wildman–Crippen MR) is 293 cm³/mol. The standard InChI is InChI=1S/C62H112O6/c1-4-7-10-13-16-19-21-23-25-27-29-31-33-35-37-39-41-43-46-49-52-55-61(64)67-58-59(57-66-60(63)54-51-48-45-18-15-12-9-6-3)68-62(65)56-53-50-47-44-42-40-38-36-34-32-30-28-26-24-22-20-17-14-11-8-5-2/h21-24,27-30,59H,4-20,25-26,31-58H2,1-3H3/b23-21-,24-22-,29-27-,30-28-. The average Bonchev–Trinajstić information content (AvgIpc) is 3.34. The van der Waals surface area contributed by atoms with Gasteiger partial charge in [-0.25, -0.2) is 0 Å². The van der Waals surface area contributed by atoms with Gasteiger partial charge in [0.05, 0.1) is 0 Å². The van der Waals surface area contributed by atoms with E-state index in [4.69, 9.17) is 14.2 Å². The minimum atomic E-state index is -0.774. The Bertz CT molecular complexity index is 1190. The third-order valence-corrected chi connectivity index (χ3v) is 13.1. The van der Waals surface area contributed by atoms with Crippen molar-refractivity contribution in [3.05, 3.63) is 48.6 Å². The van der Waals surface area contributed by atoms with Gasteiger partial charge in [0, 0.05) is 19.3 Å². The van der Waals surface area contributed by atoms with Gasteiger partial charge in [-0.05, 0) is 83.5 Å². The Morgan fingerprint density at radius 2 is 0.529 bits per heavy atom. The van der Waals surface area contributed by atoms with Crippen LogP contribution in [0, 0.1) is 0 Å². The lowest BCUT2D eigenvalue weighted by Crippen LogP contribution is -2.30. The van der Waals surface area contributed by atoms with E-state index in [2.05, 4.69) is 69.4 Å². The number of hydrogen-bond acceptors (Lipinski definition) is 6. The molecule has 0 aromatic heterocycles. The maximum absolute atomic E-state index is 12.8. The third-order valence-electron chi connectivity index (χ3n) is 13.1. The van der Waals surface area contributed by atoms with Gasteiger partial charge in [0.1, 0.15) is 13.2 Å². The van der Waals surface area contributed by atoms with Crippen LogP contribution in [0.1, 0.15) is 310 Å². The zero-order valence-electron chi connectivity index (χ0n) is 45.4. The summed E-state index contributed by atoms with van der Waals surface area (Å²) in [5.41, 5.74) is 0. The highest BCUT2D eigenvalue weighted by Gasteiger charge is 2.19. The van der Waals surface area contributed by atoms with Crippen LogP contribution < -0.4 is 0 Å². The Labute approximate surface area is 422 Å². The van der Waals surface area contributed by atoms with Gasteiger partial charge in [0.15, 0.2) is 6.10 Å². The molecular weight excluding hydrogens is 841 g/mol. The first-order valence-corrected chi connectivity index (χ1v) is 29.6. The van der Waals surface area contributed by atoms with E-state index in [0.29, 0.717) is 19.3 Å². The molecule has 0 radical (unpaired) electrons. The normalized spacial score (nSPS) is 12.3. The molecule has 6 heteroatoms. The van der Waals surface area contributed by atoms with E-state index < -0.39 is 6.10 Å². The van der Waals surface area contributed by atoms with E-state index >= 15 is 0 Å². The van der Waals surface area contributed by atoms with Crippen LogP contribution in [-0.4, -0.2) is 37.2 Å². The molecule has 0 amide bonds. The SMILES string of the molecule is CCCCCCC/C=C\C/C=C\CCCCCCCCCCCC(=O)OCC(COC(=O)CCCCCCCCCC)OC(=O)CCCCCCCCCCC/C=C\C/C=C\CCCCCCC. The van der Waals surface area contributed by atoms with Gasteiger partial charge in [0.2, 0.25) is 0 Å². The molecule has 0 heterocycles. The van der Waals surface area contributed by atoms with Crippen LogP contribution >= 0.6 is 0 Å². The van der Waals surface area contributed by atoms with Crippen molar-refractivity contribution >= 4 is 17.9 Å². The highest BCUT2D eigenvalue weighted by atomic mass is 16.6. The molecule has 0 saturated carbocycles. The van der Waals surface area contributed by atoms with E-state index in [1.807, 2.05) is 0 Å². The van der Waals surface area contributed by atoms with Crippen LogP contribution in [0.4, 0.5) is 0 Å². The van der Waals surface area contributed by atoms with Gasteiger partial charge < -0.3 is 14.2 Å². The second-order valence-electron chi connectivity index (χ2n) is 19.9. The summed E-state index contributed by atoms with van der Waals surface area (Å²) in [6.07, 6.45) is 69.7. The van der Waals surface area contributed by atoms with E-state index in [9.17, 15) is 14.4 Å². The quantitative estimate of drug-likeness (QED) is 0.0262. The Kier molecular flexibility index (Phi) is 54.8. The fourth-order valence-corrected chi connectivity index (χ4v) is 8.56. The lowest BCUT2D eigenvalue weighted by atomic mass is 10.1. The molecule has 68 heavy (non-hydrogen) atoms. The summed E-state index contributed by atoms with van der Waals surface area (Å²) >= 11 is 0. The second-order valence-corrected chi connectivity index (χ2v) is 19.9. The topological polar surface area (TPSA) is 78.9 Å². The minimum absolute atomic E-state index is 0.0739. The molecule has 0 aliphatic carbocycles. The molecule has 6 nitrogen and oxygen atoms in total. The Morgan fingerprint density at radius 1 is 0.294 bits per heavy atom. The molecule has 0 spiro atoms. The minimum Gasteiger partial charge on any atom is -0.462 e. The van der Waals surface area contributed by atoms with Crippen molar-refractivity contribution in [3.8, 4) is 0 Å². The molecule has 0 fully saturated rings. The summed E-state index contributed by atoms with van der Waals surface area (Å²) in [5.74, 6) is -0.873. The van der Waals surface area contributed by atoms with Crippen LogP contribution in [0.3, 0.4) is 0 Å². The highest BCUT2D eigenvalue weighted by Crippen LogP contribution is 2.16. The molecule has 0 aromatic carbocycles. The molecule has 0 saturated heterocycles. The van der Waals surface area contributed by atoms with Crippen molar-refractivity contribution in [1.82, 2.24) is 0 Å². The molecule has 0 aliphatic heterocycles. The van der Waals surface area contributed by atoms with Crippen LogP contribution in [0.5, 0.6) is 0 Å². The second kappa shape index (κ2) is 57.0. The molecule has 396 valence electrons. The number of ether oxygens (including phenoxy) is 3. The Morgan fingerprint density at radius 3 is 0.809 bits per heavy atom. The molecule has 0 bridgehead atoms. The molecule has 1 atom stereocenters. The van der Waals surface area contributed by atoms with Crippen LogP contribution in [0.25, 0.3) is 0 Å². The van der Waals surface area contributed by atoms with Crippen molar-refractivity contribution in [3.63, 3.8) is 0 Å². The average molecular weight is 954 g/mol. The van der Waals surface area contributed by atoms with Gasteiger partial charge >= 0.3 is 17.9 Å². The number of hydrogen-bond donors (Lipinski definition) is 0. The lowest BCUT2D eigenvalue weighted by molar-refractivity contribution is -0.167. The van der Waals surface area contributed by atoms with Gasteiger partial charge in [-0.3, -0.25) is 14.4 Å². The summed E-state index contributed by atoms with van der Waals surface area (Å²) < 4.78 is 16.8. The van der Waals surface area contributed by atoms with Crippen molar-refractivity contribution < 1.29 is 28.6 Å². The summed E-state index contributed by atoms with van der Waals surface area (Å²) in [6, 6.07) is 0. The van der Waals surface area contributed by atoms with E-state index in [0.717, 1.165) is 70.6 Å². The number of rotatable bonds is 54. The largest absolute Gasteiger partial charge is 0.462 e. The van der Waals surface area contributed by atoms with Crippen LogP contribution in [0.2, 0.25) is 0 Å². The lowest BCUT2D eigenvalue weighted by Gasteiger charge is -2.18. The monoisotopic (exact) mass is 953 g/mol. The third kappa shape index (κ3) is 54.3. The van der Waals surface area contributed by atoms with Crippen molar-refractivity contribution in [2.75, 3.05) is 13.2 Å². The van der Waals surface area contributed by atoms with Crippen LogP contribution in [0.15, 0.2) is 48.6 Å². The fourth-order valence-electron chi connectivity index (χ4n) is 8.56. The van der Waals surface area contributed by atoms with Crippen LogP contribution in [-0.2, 0) is 28.6 Å². The molecule has 1 unspecified atom stereocenters. The first kappa shape index (κ1) is 65.4. The van der Waals surface area contributed by atoms with E-state index in [1.54, 1.807) is 0 Å². The Hall–Kier alpha value is -2.63. The molecule has 0 aromatic rings.